The molecule has 0 spiro atoms. The summed E-state index contributed by atoms with van der Waals surface area (Å²) in [7, 11) is 3.30. The predicted molar refractivity (Wildman–Crippen MR) is 173 cm³/mol. The lowest BCUT2D eigenvalue weighted by Gasteiger charge is -2.38. The van der Waals surface area contributed by atoms with Crippen molar-refractivity contribution in [2.45, 2.75) is 69.7 Å². The van der Waals surface area contributed by atoms with Gasteiger partial charge < -0.3 is 25.5 Å². The van der Waals surface area contributed by atoms with Crippen LogP contribution in [0.15, 0.2) is 72.1 Å². The molecule has 4 rings (SSSR count). The van der Waals surface area contributed by atoms with Gasteiger partial charge in [-0.15, -0.1) is 11.3 Å². The zero-order valence-corrected chi connectivity index (χ0v) is 26.4. The zero-order chi connectivity index (χ0) is 31.1. The molecule has 1 aliphatic rings. The molecule has 1 aromatic heterocycles. The minimum Gasteiger partial charge on any atom is -0.393 e. The van der Waals surface area contributed by atoms with Gasteiger partial charge in [-0.05, 0) is 67.0 Å². The molecule has 1 unspecified atom stereocenters. The molecule has 2 aromatic carbocycles. The minimum atomic E-state index is -0.837. The standard InChI is InChI=1S/C34H44N4O4S/c1-34(2,35)17-7-12-31(40)36(3)29(22-24-13-14-25-9-5-6-10-26(25)21-24)32(41)37(4)30(23-28-11-8-20-43-28)33(42)38-18-15-27(39)16-19-38/h5-14,20-21,27,29-30,39H,15-19,22-23,35H2,1-4H3/t29-,30?/m1/s1. The van der Waals surface area contributed by atoms with Gasteiger partial charge in [0.15, 0.2) is 0 Å². The quantitative estimate of drug-likeness (QED) is 0.322. The fourth-order valence-corrected chi connectivity index (χ4v) is 6.15. The van der Waals surface area contributed by atoms with Crippen LogP contribution in [0.4, 0.5) is 0 Å². The Balaban J connectivity index is 1.64. The number of thiophene rings is 1. The first-order chi connectivity index (χ1) is 20.4. The Morgan fingerprint density at radius 3 is 2.35 bits per heavy atom. The number of carbonyl (C=O) groups is 3. The molecule has 0 radical (unpaired) electrons. The number of likely N-dealkylation sites (tertiary alicyclic amines) is 1. The van der Waals surface area contributed by atoms with E-state index >= 15 is 0 Å². The zero-order valence-electron chi connectivity index (χ0n) is 25.6. The van der Waals surface area contributed by atoms with E-state index in [9.17, 15) is 19.5 Å². The van der Waals surface area contributed by atoms with Gasteiger partial charge in [-0.1, -0.05) is 54.6 Å². The van der Waals surface area contributed by atoms with Crippen molar-refractivity contribution in [3.05, 3.63) is 82.6 Å². The molecule has 2 heterocycles. The van der Waals surface area contributed by atoms with Gasteiger partial charge in [-0.25, -0.2) is 0 Å². The third-order valence-electron chi connectivity index (χ3n) is 8.10. The Morgan fingerprint density at radius 2 is 1.70 bits per heavy atom. The van der Waals surface area contributed by atoms with Crippen molar-refractivity contribution >= 4 is 39.8 Å². The second-order valence-electron chi connectivity index (χ2n) is 12.3. The maximum Gasteiger partial charge on any atom is 0.246 e. The van der Waals surface area contributed by atoms with Crippen molar-refractivity contribution in [3.8, 4) is 0 Å². The van der Waals surface area contributed by atoms with Crippen molar-refractivity contribution in [3.63, 3.8) is 0 Å². The van der Waals surface area contributed by atoms with Gasteiger partial charge in [-0.2, -0.15) is 0 Å². The number of likely N-dealkylation sites (N-methyl/N-ethyl adjacent to an activating group) is 2. The average molecular weight is 605 g/mol. The third kappa shape index (κ3) is 8.75. The smallest absolute Gasteiger partial charge is 0.246 e. The molecule has 43 heavy (non-hydrogen) atoms. The number of nitrogens with zero attached hydrogens (tertiary/aromatic N) is 3. The molecule has 1 saturated heterocycles. The van der Waals surface area contributed by atoms with E-state index in [1.54, 1.807) is 36.4 Å². The van der Waals surface area contributed by atoms with Gasteiger partial charge in [0, 0.05) is 50.4 Å². The van der Waals surface area contributed by atoms with Crippen LogP contribution >= 0.6 is 11.3 Å². The second-order valence-corrected chi connectivity index (χ2v) is 13.3. The van der Waals surface area contributed by atoms with Crippen LogP contribution in [-0.4, -0.2) is 88.4 Å². The molecule has 1 fully saturated rings. The highest BCUT2D eigenvalue weighted by Gasteiger charge is 2.37. The summed E-state index contributed by atoms with van der Waals surface area (Å²) in [5, 5.41) is 14.1. The molecular formula is C34H44N4O4S. The summed E-state index contributed by atoms with van der Waals surface area (Å²) in [4.78, 5) is 47.4. The molecule has 9 heteroatoms. The number of rotatable bonds is 11. The summed E-state index contributed by atoms with van der Waals surface area (Å²) in [6.07, 6.45) is 5.02. The topological polar surface area (TPSA) is 107 Å². The molecule has 3 aromatic rings. The molecule has 230 valence electrons. The highest BCUT2D eigenvalue weighted by atomic mass is 32.1. The SMILES string of the molecule is CN(C(=O)[C@@H](Cc1ccc2ccccc2c1)N(C)C(=O)C=CCC(C)(C)N)C(Cc1cccs1)C(=O)N1CCC(O)CC1. The van der Waals surface area contributed by atoms with Crippen LogP contribution in [0.3, 0.4) is 0 Å². The summed E-state index contributed by atoms with van der Waals surface area (Å²) in [5.74, 6) is -0.744. The van der Waals surface area contributed by atoms with Crippen molar-refractivity contribution in [2.24, 2.45) is 5.73 Å². The van der Waals surface area contributed by atoms with Crippen LogP contribution < -0.4 is 5.73 Å². The maximum atomic E-state index is 14.4. The summed E-state index contributed by atoms with van der Waals surface area (Å²) in [5.41, 5.74) is 6.55. The Hall–Kier alpha value is -3.53. The van der Waals surface area contributed by atoms with Crippen LogP contribution in [0.25, 0.3) is 10.8 Å². The molecule has 2 atom stereocenters. The number of aliphatic hydroxyl groups excluding tert-OH is 1. The van der Waals surface area contributed by atoms with Gasteiger partial charge in [0.2, 0.25) is 17.7 Å². The molecule has 3 N–H and O–H groups in total. The van der Waals surface area contributed by atoms with E-state index in [4.69, 9.17) is 5.73 Å². The number of nitrogens with two attached hydrogens (primary N) is 1. The lowest BCUT2D eigenvalue weighted by molar-refractivity contribution is -0.150. The lowest BCUT2D eigenvalue weighted by Crippen LogP contribution is -2.57. The van der Waals surface area contributed by atoms with Gasteiger partial charge in [-0.3, -0.25) is 14.4 Å². The first-order valence-electron chi connectivity index (χ1n) is 14.9. The summed E-state index contributed by atoms with van der Waals surface area (Å²) >= 11 is 1.55. The van der Waals surface area contributed by atoms with E-state index in [1.807, 2.05) is 73.8 Å². The predicted octanol–water partition coefficient (Wildman–Crippen LogP) is 4.01. The van der Waals surface area contributed by atoms with E-state index in [2.05, 4.69) is 0 Å². The average Bonchev–Trinajstić information content (AvgIpc) is 3.50. The van der Waals surface area contributed by atoms with Crippen LogP contribution in [0.2, 0.25) is 0 Å². The fourth-order valence-electron chi connectivity index (χ4n) is 5.41. The van der Waals surface area contributed by atoms with Crippen molar-refractivity contribution < 1.29 is 19.5 Å². The Labute approximate surface area is 258 Å². The highest BCUT2D eigenvalue weighted by molar-refractivity contribution is 7.09. The molecule has 0 aliphatic carbocycles. The molecule has 3 amide bonds. The number of benzene rings is 2. The number of hydrogen-bond acceptors (Lipinski definition) is 6. The van der Waals surface area contributed by atoms with Crippen LogP contribution in [-0.2, 0) is 27.2 Å². The summed E-state index contributed by atoms with van der Waals surface area (Å²) < 4.78 is 0. The Kier molecular flexibility index (Phi) is 10.8. The maximum absolute atomic E-state index is 14.4. The van der Waals surface area contributed by atoms with Crippen LogP contribution in [0.1, 0.15) is 43.6 Å². The fraction of sp³-hybridized carbons (Fsp3) is 0.441. The lowest BCUT2D eigenvalue weighted by atomic mass is 9.98. The molecule has 8 nitrogen and oxygen atoms in total. The van der Waals surface area contributed by atoms with Gasteiger partial charge in [0.1, 0.15) is 12.1 Å². The second kappa shape index (κ2) is 14.3. The number of aliphatic hydroxyl groups is 1. The largest absolute Gasteiger partial charge is 0.393 e. The number of amides is 3. The van der Waals surface area contributed by atoms with E-state index in [0.717, 1.165) is 21.2 Å². The molecular weight excluding hydrogens is 560 g/mol. The monoisotopic (exact) mass is 604 g/mol. The van der Waals surface area contributed by atoms with Crippen LogP contribution in [0, 0.1) is 0 Å². The number of carbonyl (C=O) groups excluding carboxylic acids is 3. The van der Waals surface area contributed by atoms with Crippen LogP contribution in [0.5, 0.6) is 0 Å². The van der Waals surface area contributed by atoms with E-state index in [1.165, 1.54) is 15.9 Å². The van der Waals surface area contributed by atoms with Gasteiger partial charge in [0.25, 0.3) is 0 Å². The molecule has 0 saturated carbocycles. The number of hydrogen-bond donors (Lipinski definition) is 2. The number of fused-ring (bicyclic) bond motifs is 1. The third-order valence-corrected chi connectivity index (χ3v) is 9.00. The Morgan fingerprint density at radius 1 is 1.00 bits per heavy atom. The number of piperidine rings is 1. The van der Waals surface area contributed by atoms with Crippen molar-refractivity contribution in [2.75, 3.05) is 27.2 Å². The van der Waals surface area contributed by atoms with Gasteiger partial charge >= 0.3 is 0 Å². The molecule has 0 bridgehead atoms. The van der Waals surface area contributed by atoms with Gasteiger partial charge in [0.05, 0.1) is 6.10 Å². The molecule has 1 aliphatic heterocycles. The summed E-state index contributed by atoms with van der Waals surface area (Å²) in [6.45, 7) is 4.68. The van der Waals surface area contributed by atoms with E-state index in [0.29, 0.717) is 45.2 Å². The first kappa shape index (κ1) is 32.4. The normalized spacial score (nSPS) is 15.9. The van der Waals surface area contributed by atoms with Crippen molar-refractivity contribution in [1.82, 2.24) is 14.7 Å². The summed E-state index contributed by atoms with van der Waals surface area (Å²) in [6, 6.07) is 16.4. The first-order valence-corrected chi connectivity index (χ1v) is 15.8. The minimum absolute atomic E-state index is 0.139. The van der Waals surface area contributed by atoms with Crippen molar-refractivity contribution in [1.29, 1.82) is 0 Å². The van der Waals surface area contributed by atoms with E-state index < -0.39 is 23.7 Å². The van der Waals surface area contributed by atoms with E-state index in [-0.39, 0.29) is 17.7 Å². The Bertz CT molecular complexity index is 1420. The highest BCUT2D eigenvalue weighted by Crippen LogP contribution is 2.22.